The van der Waals surface area contributed by atoms with Crippen LogP contribution in [-0.2, 0) is 0 Å². The van der Waals surface area contributed by atoms with Crippen LogP contribution in [0.1, 0.15) is 18.4 Å². The fraction of sp³-hybridized carbons (Fsp3) is 0.400. The van der Waals surface area contributed by atoms with Crippen LogP contribution in [0.25, 0.3) is 0 Å². The number of rotatable bonds is 3. The Morgan fingerprint density at radius 1 is 1.54 bits per heavy atom. The molecule has 0 spiro atoms. The first-order chi connectivity index (χ1) is 6.15. The highest BCUT2D eigenvalue weighted by atomic mass is 35.5. The quantitative estimate of drug-likeness (QED) is 0.793. The molecule has 0 fully saturated rings. The predicted molar refractivity (Wildman–Crippen MR) is 53.8 cm³/mol. The van der Waals surface area contributed by atoms with Crippen molar-refractivity contribution in [1.29, 1.82) is 0 Å². The maximum atomic E-state index is 12.8. The molecule has 1 rings (SSSR count). The molecular weight excluding hydrogens is 189 g/mol. The summed E-state index contributed by atoms with van der Waals surface area (Å²) in [6.07, 6.45) is 0. The molecule has 1 nitrogen and oxygen atoms in total. The van der Waals surface area contributed by atoms with Crippen molar-refractivity contribution in [1.82, 2.24) is 5.32 Å². The molecule has 3 heteroatoms. The largest absolute Gasteiger partial charge is 0.319 e. The van der Waals surface area contributed by atoms with Gasteiger partial charge in [0, 0.05) is 6.54 Å². The zero-order valence-electron chi connectivity index (χ0n) is 7.77. The van der Waals surface area contributed by atoms with E-state index in [0.717, 1.165) is 12.1 Å². The molecule has 1 unspecified atom stereocenters. The van der Waals surface area contributed by atoms with Gasteiger partial charge in [0.1, 0.15) is 5.82 Å². The Morgan fingerprint density at radius 2 is 2.23 bits per heavy atom. The molecule has 1 aromatic carbocycles. The first-order valence-electron chi connectivity index (χ1n) is 4.24. The summed E-state index contributed by atoms with van der Waals surface area (Å²) in [6.45, 7) is 2.93. The van der Waals surface area contributed by atoms with Gasteiger partial charge in [-0.3, -0.25) is 0 Å². The van der Waals surface area contributed by atoms with E-state index in [1.165, 1.54) is 6.07 Å². The summed E-state index contributed by atoms with van der Waals surface area (Å²) >= 11 is 5.66. The van der Waals surface area contributed by atoms with Crippen molar-refractivity contribution < 1.29 is 4.39 Å². The molecule has 0 heterocycles. The number of likely N-dealkylation sites (N-methyl/N-ethyl adjacent to an activating group) is 1. The van der Waals surface area contributed by atoms with E-state index in [-0.39, 0.29) is 10.8 Å². The van der Waals surface area contributed by atoms with E-state index in [0.29, 0.717) is 5.92 Å². The molecule has 1 aromatic rings. The molecule has 0 bridgehead atoms. The van der Waals surface area contributed by atoms with Gasteiger partial charge < -0.3 is 5.32 Å². The molecule has 1 N–H and O–H groups in total. The highest BCUT2D eigenvalue weighted by Crippen LogP contribution is 2.21. The van der Waals surface area contributed by atoms with Gasteiger partial charge in [-0.2, -0.15) is 0 Å². The molecular formula is C10H13ClFN. The van der Waals surface area contributed by atoms with E-state index in [1.807, 2.05) is 7.05 Å². The Hall–Kier alpha value is -0.600. The molecule has 13 heavy (non-hydrogen) atoms. The summed E-state index contributed by atoms with van der Waals surface area (Å²) in [4.78, 5) is 0. The van der Waals surface area contributed by atoms with Crippen LogP contribution in [0.2, 0.25) is 5.02 Å². The number of hydrogen-bond donors (Lipinski definition) is 1. The summed E-state index contributed by atoms with van der Waals surface area (Å²) in [5.74, 6) is -0.00910. The predicted octanol–water partition coefficient (Wildman–Crippen LogP) is 2.80. The minimum atomic E-state index is -0.359. The molecule has 0 aliphatic rings. The van der Waals surface area contributed by atoms with Gasteiger partial charge in [0.25, 0.3) is 0 Å². The SMILES string of the molecule is CNCC(C)c1ccc(F)c(Cl)c1. The van der Waals surface area contributed by atoms with Crippen LogP contribution in [-0.4, -0.2) is 13.6 Å². The molecule has 72 valence electrons. The Morgan fingerprint density at radius 3 is 2.77 bits per heavy atom. The molecule has 0 saturated carbocycles. The van der Waals surface area contributed by atoms with Crippen molar-refractivity contribution in [3.05, 3.63) is 34.6 Å². The van der Waals surface area contributed by atoms with Crippen molar-refractivity contribution in [3.63, 3.8) is 0 Å². The second-order valence-corrected chi connectivity index (χ2v) is 3.54. The van der Waals surface area contributed by atoms with E-state index < -0.39 is 0 Å². The average molecular weight is 202 g/mol. The maximum Gasteiger partial charge on any atom is 0.141 e. The zero-order chi connectivity index (χ0) is 9.84. The number of halogens is 2. The summed E-state index contributed by atoms with van der Waals surface area (Å²) < 4.78 is 12.8. The summed E-state index contributed by atoms with van der Waals surface area (Å²) in [6, 6.07) is 4.85. The Kier molecular flexibility index (Phi) is 3.70. The fourth-order valence-electron chi connectivity index (χ4n) is 1.24. The molecule has 0 saturated heterocycles. The average Bonchev–Trinajstić information content (AvgIpc) is 2.10. The summed E-state index contributed by atoms with van der Waals surface area (Å²) in [7, 11) is 1.89. The lowest BCUT2D eigenvalue weighted by molar-refractivity contribution is 0.623. The van der Waals surface area contributed by atoms with E-state index >= 15 is 0 Å². The third kappa shape index (κ3) is 2.68. The highest BCUT2D eigenvalue weighted by molar-refractivity contribution is 6.30. The van der Waals surface area contributed by atoms with E-state index in [4.69, 9.17) is 11.6 Å². The Bertz CT molecular complexity index is 288. The molecule has 1 atom stereocenters. The second kappa shape index (κ2) is 4.58. The van der Waals surface area contributed by atoms with Gasteiger partial charge >= 0.3 is 0 Å². The lowest BCUT2D eigenvalue weighted by Crippen LogP contribution is -2.14. The summed E-state index contributed by atoms with van der Waals surface area (Å²) in [5.41, 5.74) is 1.06. The summed E-state index contributed by atoms with van der Waals surface area (Å²) in [5, 5.41) is 3.26. The number of nitrogens with one attached hydrogen (secondary N) is 1. The van der Waals surface area contributed by atoms with Crippen LogP contribution < -0.4 is 5.32 Å². The van der Waals surface area contributed by atoms with Crippen molar-refractivity contribution in [3.8, 4) is 0 Å². The van der Waals surface area contributed by atoms with Crippen molar-refractivity contribution >= 4 is 11.6 Å². The van der Waals surface area contributed by atoms with Gasteiger partial charge in [-0.25, -0.2) is 4.39 Å². The minimum Gasteiger partial charge on any atom is -0.319 e. The molecule has 0 aliphatic heterocycles. The zero-order valence-corrected chi connectivity index (χ0v) is 8.53. The van der Waals surface area contributed by atoms with Crippen molar-refractivity contribution in [2.45, 2.75) is 12.8 Å². The van der Waals surface area contributed by atoms with Crippen molar-refractivity contribution in [2.24, 2.45) is 0 Å². The monoisotopic (exact) mass is 201 g/mol. The standard InChI is InChI=1S/C10H13ClFN/c1-7(6-13-2)8-3-4-10(12)9(11)5-8/h3-5,7,13H,6H2,1-2H3. The van der Waals surface area contributed by atoms with Crippen LogP contribution in [0.3, 0.4) is 0 Å². The van der Waals surface area contributed by atoms with Crippen LogP contribution in [0.15, 0.2) is 18.2 Å². The lowest BCUT2D eigenvalue weighted by atomic mass is 10.0. The van der Waals surface area contributed by atoms with Gasteiger partial charge in [0.15, 0.2) is 0 Å². The van der Waals surface area contributed by atoms with Crippen molar-refractivity contribution in [2.75, 3.05) is 13.6 Å². The molecule has 0 amide bonds. The number of hydrogen-bond acceptors (Lipinski definition) is 1. The van der Waals surface area contributed by atoms with Crippen LogP contribution in [0, 0.1) is 5.82 Å². The topological polar surface area (TPSA) is 12.0 Å². The molecule has 0 aromatic heterocycles. The van der Waals surface area contributed by atoms with E-state index in [9.17, 15) is 4.39 Å². The Labute approximate surface area is 82.9 Å². The first-order valence-corrected chi connectivity index (χ1v) is 4.62. The van der Waals surface area contributed by atoms with Crippen LogP contribution >= 0.6 is 11.6 Å². The van der Waals surface area contributed by atoms with Gasteiger partial charge in [0.2, 0.25) is 0 Å². The second-order valence-electron chi connectivity index (χ2n) is 3.13. The Balaban J connectivity index is 2.84. The number of benzene rings is 1. The van der Waals surface area contributed by atoms with E-state index in [2.05, 4.69) is 12.2 Å². The third-order valence-corrected chi connectivity index (χ3v) is 2.31. The van der Waals surface area contributed by atoms with Crippen LogP contribution in [0.4, 0.5) is 4.39 Å². The fourth-order valence-corrected chi connectivity index (χ4v) is 1.43. The van der Waals surface area contributed by atoms with Gasteiger partial charge in [-0.15, -0.1) is 0 Å². The highest BCUT2D eigenvalue weighted by Gasteiger charge is 2.06. The van der Waals surface area contributed by atoms with Crippen LogP contribution in [0.5, 0.6) is 0 Å². The lowest BCUT2D eigenvalue weighted by Gasteiger charge is -2.11. The van der Waals surface area contributed by atoms with E-state index in [1.54, 1.807) is 12.1 Å². The van der Waals surface area contributed by atoms with Gasteiger partial charge in [-0.1, -0.05) is 24.6 Å². The molecule has 0 radical (unpaired) electrons. The smallest absolute Gasteiger partial charge is 0.141 e. The van der Waals surface area contributed by atoms with Gasteiger partial charge in [-0.05, 0) is 30.7 Å². The molecule has 0 aliphatic carbocycles. The minimum absolute atomic E-state index is 0.195. The van der Waals surface area contributed by atoms with Gasteiger partial charge in [0.05, 0.1) is 5.02 Å². The first kappa shape index (κ1) is 10.5. The maximum absolute atomic E-state index is 12.8. The third-order valence-electron chi connectivity index (χ3n) is 2.02. The normalized spacial score (nSPS) is 12.9.